The molecule has 2 rings (SSSR count). The number of carbonyl (C=O) groups is 1. The van der Waals surface area contributed by atoms with Crippen LogP contribution in [0.3, 0.4) is 0 Å². The molecule has 1 heterocycles. The second-order valence-corrected chi connectivity index (χ2v) is 8.55. The van der Waals surface area contributed by atoms with Crippen molar-refractivity contribution in [1.82, 2.24) is 15.1 Å². The second-order valence-electron chi connectivity index (χ2n) is 5.98. The third-order valence-corrected chi connectivity index (χ3v) is 5.33. The highest BCUT2D eigenvalue weighted by atomic mass is 32.2. The number of aromatic nitrogens is 2. The molecule has 0 unspecified atom stereocenters. The first-order valence-electron chi connectivity index (χ1n) is 7.47. The van der Waals surface area contributed by atoms with Crippen molar-refractivity contribution in [3.05, 3.63) is 0 Å². The molecule has 0 bridgehead atoms. The number of rotatable bonds is 7. The van der Waals surface area contributed by atoms with E-state index in [9.17, 15) is 4.79 Å². The van der Waals surface area contributed by atoms with Crippen molar-refractivity contribution >= 4 is 34.1 Å². The van der Waals surface area contributed by atoms with Gasteiger partial charge in [-0.3, -0.25) is 4.79 Å². The first-order chi connectivity index (χ1) is 9.88. The number of nitrogens with zero attached hydrogens (tertiary/aromatic N) is 3. The Hall–Kier alpha value is -0.820. The van der Waals surface area contributed by atoms with Gasteiger partial charge in [0.25, 0.3) is 0 Å². The molecule has 0 aliphatic heterocycles. The third kappa shape index (κ3) is 4.57. The van der Waals surface area contributed by atoms with Gasteiger partial charge in [-0.25, -0.2) is 0 Å². The molecule has 1 aliphatic carbocycles. The molecule has 1 atom stereocenters. The summed E-state index contributed by atoms with van der Waals surface area (Å²) < 4.78 is 0.853. The Morgan fingerprint density at radius 2 is 1.86 bits per heavy atom. The SMILES string of the molecule is CC(C)N(C(=O)[C@H](C)Sc1nnc(NC2CC2)s1)C(C)C. The zero-order chi connectivity index (χ0) is 15.6. The third-order valence-electron chi connectivity index (χ3n) is 3.30. The van der Waals surface area contributed by atoms with Crippen LogP contribution in [-0.2, 0) is 4.79 Å². The van der Waals surface area contributed by atoms with Gasteiger partial charge in [0.15, 0.2) is 4.34 Å². The Balaban J connectivity index is 1.94. The Bertz CT molecular complexity index is 477. The zero-order valence-corrected chi connectivity index (χ0v) is 14.9. The topological polar surface area (TPSA) is 58.1 Å². The van der Waals surface area contributed by atoms with E-state index in [4.69, 9.17) is 0 Å². The number of carbonyl (C=O) groups excluding carboxylic acids is 1. The van der Waals surface area contributed by atoms with Crippen molar-refractivity contribution in [3.63, 3.8) is 0 Å². The van der Waals surface area contributed by atoms with E-state index in [0.717, 1.165) is 9.47 Å². The van der Waals surface area contributed by atoms with Crippen molar-refractivity contribution in [2.75, 3.05) is 5.32 Å². The molecule has 1 aromatic heterocycles. The molecular formula is C14H24N4OS2. The lowest BCUT2D eigenvalue weighted by Crippen LogP contribution is -2.45. The molecule has 118 valence electrons. The van der Waals surface area contributed by atoms with Gasteiger partial charge in [-0.1, -0.05) is 23.1 Å². The Morgan fingerprint density at radius 1 is 1.24 bits per heavy atom. The highest BCUT2D eigenvalue weighted by Gasteiger charge is 2.27. The molecular weight excluding hydrogens is 304 g/mol. The minimum atomic E-state index is -0.142. The van der Waals surface area contributed by atoms with Gasteiger partial charge in [-0.2, -0.15) is 0 Å². The van der Waals surface area contributed by atoms with Crippen molar-refractivity contribution < 1.29 is 4.79 Å². The van der Waals surface area contributed by atoms with Crippen LogP contribution in [0.1, 0.15) is 47.5 Å². The highest BCUT2D eigenvalue weighted by molar-refractivity contribution is 8.02. The Kier molecular flexibility index (Phi) is 5.48. The molecule has 0 spiro atoms. The van der Waals surface area contributed by atoms with E-state index in [1.165, 1.54) is 35.9 Å². The van der Waals surface area contributed by atoms with Crippen LogP contribution >= 0.6 is 23.1 Å². The maximum atomic E-state index is 12.6. The van der Waals surface area contributed by atoms with Gasteiger partial charge in [0.2, 0.25) is 11.0 Å². The standard InChI is InChI=1S/C14H24N4OS2/c1-8(2)18(9(3)4)12(19)10(5)20-14-17-16-13(21-14)15-11-6-7-11/h8-11H,6-7H2,1-5H3,(H,15,16)/t10-/m0/s1. The molecule has 5 nitrogen and oxygen atoms in total. The molecule has 1 N–H and O–H groups in total. The van der Waals surface area contributed by atoms with Crippen molar-refractivity contribution in [2.45, 2.75) is 75.2 Å². The summed E-state index contributed by atoms with van der Waals surface area (Å²) in [6, 6.07) is 0.997. The normalized spacial score (nSPS) is 16.3. The zero-order valence-electron chi connectivity index (χ0n) is 13.3. The van der Waals surface area contributed by atoms with Crippen LogP contribution < -0.4 is 5.32 Å². The van der Waals surface area contributed by atoms with Crippen LogP contribution in [0.25, 0.3) is 0 Å². The van der Waals surface area contributed by atoms with Crippen molar-refractivity contribution in [2.24, 2.45) is 0 Å². The lowest BCUT2D eigenvalue weighted by Gasteiger charge is -2.32. The lowest BCUT2D eigenvalue weighted by atomic mass is 10.2. The fraction of sp³-hybridized carbons (Fsp3) is 0.786. The summed E-state index contributed by atoms with van der Waals surface area (Å²) in [4.78, 5) is 14.5. The molecule has 1 amide bonds. The molecule has 1 aromatic rings. The van der Waals surface area contributed by atoms with Crippen LogP contribution in [0, 0.1) is 0 Å². The summed E-state index contributed by atoms with van der Waals surface area (Å²) in [6.45, 7) is 10.2. The molecule has 0 saturated heterocycles. The Labute approximate surface area is 134 Å². The highest BCUT2D eigenvalue weighted by Crippen LogP contribution is 2.32. The first kappa shape index (κ1) is 16.5. The monoisotopic (exact) mass is 328 g/mol. The minimum Gasteiger partial charge on any atom is -0.357 e. The fourth-order valence-corrected chi connectivity index (χ4v) is 4.26. The van der Waals surface area contributed by atoms with E-state index >= 15 is 0 Å². The summed E-state index contributed by atoms with van der Waals surface area (Å²) in [5.41, 5.74) is 0. The van der Waals surface area contributed by atoms with Crippen LogP contribution in [0.5, 0.6) is 0 Å². The van der Waals surface area contributed by atoms with E-state index in [2.05, 4.69) is 43.2 Å². The summed E-state index contributed by atoms with van der Waals surface area (Å²) >= 11 is 3.03. The van der Waals surface area contributed by atoms with E-state index in [1.807, 2.05) is 11.8 Å². The van der Waals surface area contributed by atoms with Gasteiger partial charge in [0.1, 0.15) is 0 Å². The van der Waals surface area contributed by atoms with Crippen molar-refractivity contribution in [1.29, 1.82) is 0 Å². The predicted molar refractivity (Wildman–Crippen MR) is 89.0 cm³/mol. The number of anilines is 1. The maximum Gasteiger partial charge on any atom is 0.236 e. The maximum absolute atomic E-state index is 12.6. The van der Waals surface area contributed by atoms with Gasteiger partial charge >= 0.3 is 0 Å². The number of nitrogens with one attached hydrogen (secondary N) is 1. The predicted octanol–water partition coefficient (Wildman–Crippen LogP) is 3.24. The molecule has 0 aromatic carbocycles. The van der Waals surface area contributed by atoms with Gasteiger partial charge < -0.3 is 10.2 Å². The van der Waals surface area contributed by atoms with Crippen LogP contribution in [0.4, 0.5) is 5.13 Å². The van der Waals surface area contributed by atoms with E-state index < -0.39 is 0 Å². The molecule has 1 aliphatic rings. The summed E-state index contributed by atoms with van der Waals surface area (Å²) in [7, 11) is 0. The van der Waals surface area contributed by atoms with Crippen molar-refractivity contribution in [3.8, 4) is 0 Å². The minimum absolute atomic E-state index is 0.142. The number of amides is 1. The largest absolute Gasteiger partial charge is 0.357 e. The molecule has 1 fully saturated rings. The van der Waals surface area contributed by atoms with Gasteiger partial charge in [-0.15, -0.1) is 10.2 Å². The number of hydrogen-bond acceptors (Lipinski definition) is 6. The number of hydrogen-bond donors (Lipinski definition) is 1. The Morgan fingerprint density at radius 3 is 2.38 bits per heavy atom. The van der Waals surface area contributed by atoms with Crippen LogP contribution in [0.2, 0.25) is 0 Å². The van der Waals surface area contributed by atoms with Gasteiger partial charge in [-0.05, 0) is 47.5 Å². The number of thioether (sulfide) groups is 1. The van der Waals surface area contributed by atoms with Gasteiger partial charge in [0, 0.05) is 18.1 Å². The summed E-state index contributed by atoms with van der Waals surface area (Å²) in [5, 5.41) is 12.4. The lowest BCUT2D eigenvalue weighted by molar-refractivity contribution is -0.133. The smallest absolute Gasteiger partial charge is 0.236 e. The first-order valence-corrected chi connectivity index (χ1v) is 9.17. The molecule has 21 heavy (non-hydrogen) atoms. The fourth-order valence-electron chi connectivity index (χ4n) is 2.23. The molecule has 1 saturated carbocycles. The second kappa shape index (κ2) is 6.96. The average molecular weight is 329 g/mol. The van der Waals surface area contributed by atoms with Crippen LogP contribution in [-0.4, -0.2) is 44.4 Å². The van der Waals surface area contributed by atoms with E-state index in [0.29, 0.717) is 6.04 Å². The van der Waals surface area contributed by atoms with Crippen LogP contribution in [0.15, 0.2) is 4.34 Å². The summed E-state index contributed by atoms with van der Waals surface area (Å²) in [5.74, 6) is 0.164. The summed E-state index contributed by atoms with van der Waals surface area (Å²) in [6.07, 6.45) is 2.43. The molecule has 0 radical (unpaired) electrons. The van der Waals surface area contributed by atoms with E-state index in [-0.39, 0.29) is 23.2 Å². The average Bonchev–Trinajstić information content (AvgIpc) is 3.08. The quantitative estimate of drug-likeness (QED) is 0.779. The van der Waals surface area contributed by atoms with E-state index in [1.54, 1.807) is 0 Å². The van der Waals surface area contributed by atoms with Gasteiger partial charge in [0.05, 0.1) is 5.25 Å². The molecule has 7 heteroatoms.